The normalized spacial score (nSPS) is 12.8. The van der Waals surface area contributed by atoms with Crippen LogP contribution in [0.3, 0.4) is 0 Å². The van der Waals surface area contributed by atoms with Crippen LogP contribution in [-0.2, 0) is 35.2 Å². The number of pyridine rings is 1. The average Bonchev–Trinajstić information content (AvgIpc) is 3.64. The number of alkyl carbamates (subject to hydrolysis) is 1. The van der Waals surface area contributed by atoms with Crippen LogP contribution in [0.1, 0.15) is 74.4 Å². The lowest BCUT2D eigenvalue weighted by Crippen LogP contribution is -2.38. The fourth-order valence-electron chi connectivity index (χ4n) is 3.86. The third kappa shape index (κ3) is 14.6. The Hall–Kier alpha value is -5.26. The van der Waals surface area contributed by atoms with Crippen LogP contribution in [0.25, 0.3) is 5.82 Å². The van der Waals surface area contributed by atoms with Gasteiger partial charge in [-0.15, -0.1) is 11.3 Å². The number of rotatable bonds is 14. The molecule has 0 spiro atoms. The van der Waals surface area contributed by atoms with Gasteiger partial charge < -0.3 is 39.0 Å². The largest absolute Gasteiger partial charge is 0.543 e. The van der Waals surface area contributed by atoms with Gasteiger partial charge >= 0.3 is 18.2 Å². The Morgan fingerprint density at radius 1 is 0.980 bits per heavy atom. The van der Waals surface area contributed by atoms with Crippen LogP contribution in [-0.4, -0.2) is 80.4 Å². The van der Waals surface area contributed by atoms with Crippen LogP contribution >= 0.6 is 11.3 Å². The molecule has 2 N–H and O–H groups in total. The maximum Gasteiger partial charge on any atom is 0.413 e. The first kappa shape index (κ1) is 40.2. The van der Waals surface area contributed by atoms with E-state index in [9.17, 15) is 24.3 Å². The van der Waals surface area contributed by atoms with Crippen molar-refractivity contribution in [2.45, 2.75) is 98.2 Å². The predicted molar refractivity (Wildman–Crippen MR) is 182 cm³/mol. The lowest BCUT2D eigenvalue weighted by atomic mass is 10.2. The molecule has 0 aliphatic heterocycles. The summed E-state index contributed by atoms with van der Waals surface area (Å²) in [5.74, 6) is -1.74. The number of hydrogen-bond donors (Lipinski definition) is 2. The number of oxime groups is 1. The molecule has 0 saturated heterocycles. The molecule has 0 saturated carbocycles. The Morgan fingerprint density at radius 2 is 1.65 bits per heavy atom. The second-order valence-corrected chi connectivity index (χ2v) is 14.9. The summed E-state index contributed by atoms with van der Waals surface area (Å²) < 4.78 is 25.3. The zero-order valence-electron chi connectivity index (χ0n) is 30.2. The number of anilines is 1. The van der Waals surface area contributed by atoms with Crippen molar-refractivity contribution in [2.75, 3.05) is 18.5 Å². The van der Waals surface area contributed by atoms with E-state index in [4.69, 9.17) is 23.8 Å². The minimum Gasteiger partial charge on any atom is -0.543 e. The molecule has 0 aliphatic rings. The molecule has 18 heteroatoms. The van der Waals surface area contributed by atoms with Crippen molar-refractivity contribution in [2.24, 2.45) is 5.16 Å². The maximum absolute atomic E-state index is 13.0. The van der Waals surface area contributed by atoms with Crippen molar-refractivity contribution in [1.29, 1.82) is 0 Å². The van der Waals surface area contributed by atoms with Crippen molar-refractivity contribution >= 4 is 46.3 Å². The van der Waals surface area contributed by atoms with E-state index in [2.05, 4.69) is 25.8 Å². The summed E-state index contributed by atoms with van der Waals surface area (Å²) in [5.41, 5.74) is -3.13. The first-order valence-electron chi connectivity index (χ1n) is 15.9. The molecule has 0 unspecified atom stereocenters. The minimum atomic E-state index is -1.74. The number of carboxylic acid groups (broad SMARTS) is 1. The van der Waals surface area contributed by atoms with E-state index in [1.807, 2.05) is 23.3 Å². The van der Waals surface area contributed by atoms with Gasteiger partial charge in [-0.25, -0.2) is 28.9 Å². The summed E-state index contributed by atoms with van der Waals surface area (Å²) in [6, 6.07) is 3.33. The Bertz CT molecular complexity index is 1680. The van der Waals surface area contributed by atoms with Crippen LogP contribution in [0.5, 0.6) is 5.75 Å². The first-order valence-corrected chi connectivity index (χ1v) is 16.8. The summed E-state index contributed by atoms with van der Waals surface area (Å²) in [5, 5.41) is 22.1. The Kier molecular flexibility index (Phi) is 13.5. The van der Waals surface area contributed by atoms with Gasteiger partial charge in [-0.05, 0) is 68.4 Å². The summed E-state index contributed by atoms with van der Waals surface area (Å²) in [4.78, 5) is 62.6. The van der Waals surface area contributed by atoms with E-state index in [-0.39, 0.29) is 16.6 Å². The van der Waals surface area contributed by atoms with Crippen LogP contribution in [0.2, 0.25) is 0 Å². The van der Waals surface area contributed by atoms with Crippen molar-refractivity contribution in [3.05, 3.63) is 48.1 Å². The highest BCUT2D eigenvalue weighted by molar-refractivity contribution is 7.14. The van der Waals surface area contributed by atoms with Crippen LogP contribution in [0.15, 0.2) is 47.6 Å². The predicted octanol–water partition coefficient (Wildman–Crippen LogP) is 3.14. The molecule has 0 aliphatic carbocycles. The molecule has 0 bridgehead atoms. The number of aromatic nitrogens is 4. The SMILES string of the molecule is CC(C)(C)OC(=O)NCCC[n+]1ccn(-c2ccc(OC[C@H](O/N=C(\C(=O)[O-])c3csc(NC(=O)OC(C)(C)C)n3)C(=O)OC(C)(C)C)cn2)c1. The van der Waals surface area contributed by atoms with Gasteiger partial charge in [0.1, 0.15) is 47.2 Å². The molecule has 1 atom stereocenters. The molecule has 0 aromatic carbocycles. The molecular weight excluding hydrogens is 686 g/mol. The zero-order valence-corrected chi connectivity index (χ0v) is 31.0. The third-order valence-corrected chi connectivity index (χ3v) is 6.59. The molecule has 0 fully saturated rings. The Morgan fingerprint density at radius 3 is 2.25 bits per heavy atom. The number of nitrogens with zero attached hydrogens (tertiary/aromatic N) is 5. The van der Waals surface area contributed by atoms with Gasteiger partial charge in [-0.3, -0.25) is 5.32 Å². The van der Waals surface area contributed by atoms with Gasteiger partial charge in [-0.1, -0.05) is 5.16 Å². The van der Waals surface area contributed by atoms with Gasteiger partial charge in [0.25, 0.3) is 6.10 Å². The maximum atomic E-state index is 13.0. The van der Waals surface area contributed by atoms with E-state index in [1.165, 1.54) is 11.6 Å². The molecule has 51 heavy (non-hydrogen) atoms. The Labute approximate surface area is 299 Å². The second-order valence-electron chi connectivity index (χ2n) is 14.0. The molecule has 2 amide bonds. The standard InChI is InChI=1S/C33H45N7O10S/c1-31(2,3)47-27(43)23(50-38-25(26(41)42)22-19-51-28(36-22)37-30(45)49-33(7,8)9)18-46-21-11-12-24(35-17-21)40-16-15-39(20-40)14-10-13-34-29(44)48-32(4,5)6/h11-12,15-17,19-20,23H,10,13-14,18H2,1-9H3,(H2-,34,36,37,41,42,44,45)/b38-25-/t23-/m0/s1. The summed E-state index contributed by atoms with van der Waals surface area (Å²) >= 11 is 0.918. The molecule has 17 nitrogen and oxygen atoms in total. The number of thiazole rings is 1. The number of carboxylic acids is 1. The Balaban J connectivity index is 1.64. The number of ether oxygens (including phenoxy) is 4. The molecule has 3 rings (SSSR count). The second kappa shape index (κ2) is 17.1. The number of carbonyl (C=O) groups is 4. The molecule has 278 valence electrons. The first-order chi connectivity index (χ1) is 23.7. The topological polar surface area (TPSA) is 208 Å². The van der Waals surface area contributed by atoms with Crippen molar-refractivity contribution < 1.29 is 52.6 Å². The van der Waals surface area contributed by atoms with Gasteiger partial charge in [0, 0.05) is 24.4 Å². The zero-order chi connectivity index (χ0) is 38.0. The number of carbonyl (C=O) groups excluding carboxylic acids is 4. The summed E-state index contributed by atoms with van der Waals surface area (Å²) in [6.45, 7) is 16.1. The number of aryl methyl sites for hydroxylation is 1. The molecular formula is C33H45N7O10S. The van der Waals surface area contributed by atoms with E-state index in [0.29, 0.717) is 25.3 Å². The number of esters is 1. The van der Waals surface area contributed by atoms with E-state index < -0.39 is 59.4 Å². The number of nitrogens with one attached hydrogen (secondary N) is 2. The van der Waals surface area contributed by atoms with Crippen LogP contribution in [0, 0.1) is 0 Å². The third-order valence-electron chi connectivity index (χ3n) is 5.83. The molecule has 3 aromatic heterocycles. The van der Waals surface area contributed by atoms with Crippen LogP contribution in [0.4, 0.5) is 14.7 Å². The van der Waals surface area contributed by atoms with E-state index in [1.54, 1.807) is 79.0 Å². The molecule has 0 radical (unpaired) electrons. The number of amides is 2. The van der Waals surface area contributed by atoms with Gasteiger partial charge in [0.05, 0.1) is 18.7 Å². The van der Waals surface area contributed by atoms with Crippen molar-refractivity contribution in [1.82, 2.24) is 19.9 Å². The monoisotopic (exact) mass is 731 g/mol. The van der Waals surface area contributed by atoms with E-state index in [0.717, 1.165) is 11.3 Å². The molecule has 3 heterocycles. The van der Waals surface area contributed by atoms with Gasteiger partial charge in [0.15, 0.2) is 10.8 Å². The lowest BCUT2D eigenvalue weighted by molar-refractivity contribution is -0.696. The highest BCUT2D eigenvalue weighted by Gasteiger charge is 2.29. The minimum absolute atomic E-state index is 0.0403. The number of hydrogen-bond acceptors (Lipinski definition) is 14. The highest BCUT2D eigenvalue weighted by atomic mass is 32.1. The molecule has 3 aromatic rings. The number of imidazole rings is 1. The fourth-order valence-corrected chi connectivity index (χ4v) is 4.54. The highest BCUT2D eigenvalue weighted by Crippen LogP contribution is 2.19. The average molecular weight is 732 g/mol. The quantitative estimate of drug-likeness (QED) is 0.0612. The number of aliphatic carboxylic acids is 1. The van der Waals surface area contributed by atoms with Crippen LogP contribution < -0.4 is 25.0 Å². The van der Waals surface area contributed by atoms with Gasteiger partial charge in [-0.2, -0.15) is 4.57 Å². The smallest absolute Gasteiger partial charge is 0.413 e. The van der Waals surface area contributed by atoms with Crippen molar-refractivity contribution in [3.63, 3.8) is 0 Å². The van der Waals surface area contributed by atoms with Gasteiger partial charge in [0.2, 0.25) is 12.1 Å². The summed E-state index contributed by atoms with van der Waals surface area (Å²) in [7, 11) is 0. The summed E-state index contributed by atoms with van der Waals surface area (Å²) in [6.07, 6.45) is 4.92. The fraction of sp³-hybridized carbons (Fsp3) is 0.515. The lowest BCUT2D eigenvalue weighted by Gasteiger charge is -2.23. The van der Waals surface area contributed by atoms with Crippen molar-refractivity contribution in [3.8, 4) is 11.6 Å². The van der Waals surface area contributed by atoms with E-state index >= 15 is 0 Å².